The van der Waals surface area contributed by atoms with Crippen molar-refractivity contribution in [3.05, 3.63) is 59.2 Å². The Labute approximate surface area is 117 Å². The van der Waals surface area contributed by atoms with Gasteiger partial charge in [0.2, 0.25) is 0 Å². The van der Waals surface area contributed by atoms with Gasteiger partial charge in [-0.3, -0.25) is 9.78 Å². The van der Waals surface area contributed by atoms with E-state index < -0.39 is 0 Å². The Morgan fingerprint density at radius 2 is 1.95 bits per heavy atom. The van der Waals surface area contributed by atoms with Gasteiger partial charge in [0.05, 0.1) is 29.6 Å². The lowest BCUT2D eigenvalue weighted by Gasteiger charge is -2.13. The Morgan fingerprint density at radius 3 is 2.50 bits per heavy atom. The van der Waals surface area contributed by atoms with Crippen LogP contribution in [0.15, 0.2) is 36.7 Å². The lowest BCUT2D eigenvalue weighted by atomic mass is 10.1. The molecule has 0 spiro atoms. The van der Waals surface area contributed by atoms with E-state index in [-0.39, 0.29) is 17.6 Å². The van der Waals surface area contributed by atoms with Gasteiger partial charge in [0.1, 0.15) is 5.69 Å². The first-order valence-electron chi connectivity index (χ1n) is 6.19. The fourth-order valence-corrected chi connectivity index (χ4v) is 1.71. The topological polar surface area (TPSA) is 78.7 Å². The van der Waals surface area contributed by atoms with Gasteiger partial charge in [-0.05, 0) is 31.5 Å². The first-order chi connectivity index (χ1) is 9.60. The summed E-state index contributed by atoms with van der Waals surface area (Å²) in [7, 11) is 0. The summed E-state index contributed by atoms with van der Waals surface area (Å²) < 4.78 is 0. The van der Waals surface area contributed by atoms with E-state index in [1.807, 2.05) is 26.0 Å². The van der Waals surface area contributed by atoms with Crippen LogP contribution in [-0.2, 0) is 0 Å². The number of nitrogens with one attached hydrogen (secondary N) is 1. The minimum absolute atomic E-state index is 0.168. The summed E-state index contributed by atoms with van der Waals surface area (Å²) in [6.45, 7) is 3.69. The van der Waals surface area contributed by atoms with Crippen LogP contribution in [0.4, 0.5) is 0 Å². The molecule has 100 valence electrons. The summed E-state index contributed by atoms with van der Waals surface area (Å²) in [5.74, 6) is -0.269. The molecule has 2 rings (SSSR count). The zero-order valence-electron chi connectivity index (χ0n) is 11.3. The van der Waals surface area contributed by atoms with Crippen molar-refractivity contribution in [1.82, 2.24) is 15.3 Å². The van der Waals surface area contributed by atoms with Crippen LogP contribution in [0.5, 0.6) is 0 Å². The van der Waals surface area contributed by atoms with E-state index in [0.29, 0.717) is 5.56 Å². The highest BCUT2D eigenvalue weighted by Crippen LogP contribution is 2.13. The number of hydrogen-bond acceptors (Lipinski definition) is 4. The molecular weight excluding hydrogens is 252 g/mol. The van der Waals surface area contributed by atoms with Crippen LogP contribution in [-0.4, -0.2) is 15.9 Å². The molecule has 0 aliphatic rings. The summed E-state index contributed by atoms with van der Waals surface area (Å²) >= 11 is 0. The molecule has 2 aromatic rings. The molecule has 1 aromatic heterocycles. The van der Waals surface area contributed by atoms with E-state index in [2.05, 4.69) is 21.4 Å². The van der Waals surface area contributed by atoms with Gasteiger partial charge in [0, 0.05) is 6.20 Å². The number of aryl methyl sites for hydroxylation is 1. The third kappa shape index (κ3) is 3.18. The Balaban J connectivity index is 2.06. The van der Waals surface area contributed by atoms with E-state index in [4.69, 9.17) is 5.26 Å². The average Bonchev–Trinajstić information content (AvgIpc) is 2.48. The molecular formula is C15H14N4O. The maximum absolute atomic E-state index is 12.0. The molecule has 1 amide bonds. The molecule has 1 unspecified atom stereocenters. The number of rotatable bonds is 3. The quantitative estimate of drug-likeness (QED) is 0.923. The highest BCUT2D eigenvalue weighted by molar-refractivity contribution is 5.92. The molecule has 1 atom stereocenters. The lowest BCUT2D eigenvalue weighted by molar-refractivity contribution is 0.0934. The fourth-order valence-electron chi connectivity index (χ4n) is 1.71. The number of benzene rings is 1. The number of carbonyl (C=O) groups excluding carboxylic acids is 1. The molecule has 0 fully saturated rings. The smallest absolute Gasteiger partial charge is 0.271 e. The van der Waals surface area contributed by atoms with Crippen molar-refractivity contribution in [2.75, 3.05) is 0 Å². The second-order valence-electron chi connectivity index (χ2n) is 4.47. The molecule has 5 heteroatoms. The minimum Gasteiger partial charge on any atom is -0.344 e. The summed E-state index contributed by atoms with van der Waals surface area (Å²) in [6.07, 6.45) is 3.01. The van der Waals surface area contributed by atoms with E-state index in [0.717, 1.165) is 11.3 Å². The number of hydrogen-bond donors (Lipinski definition) is 1. The van der Waals surface area contributed by atoms with E-state index in [1.165, 1.54) is 6.20 Å². The average molecular weight is 266 g/mol. The van der Waals surface area contributed by atoms with E-state index in [9.17, 15) is 4.79 Å². The first kappa shape index (κ1) is 13.7. The molecule has 0 bridgehead atoms. The number of amides is 1. The Hall–Kier alpha value is -2.74. The van der Waals surface area contributed by atoms with Gasteiger partial charge in [-0.25, -0.2) is 4.98 Å². The standard InChI is InChI=1S/C15H14N4O/c1-10-8-18-14(9-17-10)15(20)19-11(2)13-5-3-12(7-16)4-6-13/h3-6,8-9,11H,1-2H3,(H,19,20). The SMILES string of the molecule is Cc1cnc(C(=O)NC(C)c2ccc(C#N)cc2)cn1. The molecule has 0 saturated heterocycles. The van der Waals surface area contributed by atoms with Gasteiger partial charge >= 0.3 is 0 Å². The van der Waals surface area contributed by atoms with Crippen molar-refractivity contribution in [3.8, 4) is 6.07 Å². The molecule has 0 saturated carbocycles. The normalized spacial score (nSPS) is 11.4. The van der Waals surface area contributed by atoms with Gasteiger partial charge in [-0.2, -0.15) is 5.26 Å². The van der Waals surface area contributed by atoms with Gasteiger partial charge in [-0.1, -0.05) is 12.1 Å². The van der Waals surface area contributed by atoms with Gasteiger partial charge in [-0.15, -0.1) is 0 Å². The highest BCUT2D eigenvalue weighted by atomic mass is 16.1. The molecule has 1 aromatic carbocycles. The number of aromatic nitrogens is 2. The third-order valence-corrected chi connectivity index (χ3v) is 2.90. The molecule has 20 heavy (non-hydrogen) atoms. The number of nitrogens with zero attached hydrogens (tertiary/aromatic N) is 3. The van der Waals surface area contributed by atoms with Gasteiger partial charge < -0.3 is 5.32 Å². The molecule has 1 heterocycles. The molecule has 1 N–H and O–H groups in total. The lowest BCUT2D eigenvalue weighted by Crippen LogP contribution is -2.27. The maximum atomic E-state index is 12.0. The van der Waals surface area contributed by atoms with Crippen LogP contribution >= 0.6 is 0 Å². The highest BCUT2D eigenvalue weighted by Gasteiger charge is 2.12. The zero-order chi connectivity index (χ0) is 14.5. The molecule has 0 aliphatic carbocycles. The van der Waals surface area contributed by atoms with Crippen molar-refractivity contribution >= 4 is 5.91 Å². The Kier molecular flexibility index (Phi) is 4.06. The molecule has 5 nitrogen and oxygen atoms in total. The third-order valence-electron chi connectivity index (χ3n) is 2.90. The molecule has 0 aliphatic heterocycles. The van der Waals surface area contributed by atoms with Crippen LogP contribution < -0.4 is 5.32 Å². The fraction of sp³-hybridized carbons (Fsp3) is 0.200. The van der Waals surface area contributed by atoms with Crippen LogP contribution in [0.3, 0.4) is 0 Å². The van der Waals surface area contributed by atoms with E-state index >= 15 is 0 Å². The van der Waals surface area contributed by atoms with Crippen LogP contribution in [0.1, 0.15) is 40.3 Å². The largest absolute Gasteiger partial charge is 0.344 e. The van der Waals surface area contributed by atoms with Crippen molar-refractivity contribution in [3.63, 3.8) is 0 Å². The molecule has 0 radical (unpaired) electrons. The number of nitriles is 1. The van der Waals surface area contributed by atoms with Crippen LogP contribution in [0.2, 0.25) is 0 Å². The summed E-state index contributed by atoms with van der Waals surface area (Å²) in [5.41, 5.74) is 2.58. The summed E-state index contributed by atoms with van der Waals surface area (Å²) in [5, 5.41) is 11.6. The van der Waals surface area contributed by atoms with Crippen molar-refractivity contribution in [2.24, 2.45) is 0 Å². The Bertz CT molecular complexity index is 641. The predicted octanol–water partition coefficient (Wildman–Crippen LogP) is 2.15. The first-order valence-corrected chi connectivity index (χ1v) is 6.19. The van der Waals surface area contributed by atoms with Gasteiger partial charge in [0.15, 0.2) is 0 Å². The summed E-state index contributed by atoms with van der Waals surface area (Å²) in [6, 6.07) is 8.99. The van der Waals surface area contributed by atoms with Crippen molar-refractivity contribution in [2.45, 2.75) is 19.9 Å². The van der Waals surface area contributed by atoms with Crippen LogP contribution in [0, 0.1) is 18.3 Å². The second kappa shape index (κ2) is 5.93. The predicted molar refractivity (Wildman–Crippen MR) is 73.8 cm³/mol. The maximum Gasteiger partial charge on any atom is 0.271 e. The number of carbonyl (C=O) groups is 1. The Morgan fingerprint density at radius 1 is 1.25 bits per heavy atom. The zero-order valence-corrected chi connectivity index (χ0v) is 11.3. The summed E-state index contributed by atoms with van der Waals surface area (Å²) in [4.78, 5) is 20.1. The van der Waals surface area contributed by atoms with Crippen molar-refractivity contribution in [1.29, 1.82) is 5.26 Å². The minimum atomic E-state index is -0.269. The monoisotopic (exact) mass is 266 g/mol. The van der Waals surface area contributed by atoms with E-state index in [1.54, 1.807) is 18.3 Å². The van der Waals surface area contributed by atoms with Crippen molar-refractivity contribution < 1.29 is 4.79 Å². The van der Waals surface area contributed by atoms with Gasteiger partial charge in [0.25, 0.3) is 5.91 Å². The second-order valence-corrected chi connectivity index (χ2v) is 4.47. The van der Waals surface area contributed by atoms with Crippen LogP contribution in [0.25, 0.3) is 0 Å².